The van der Waals surface area contributed by atoms with E-state index in [1.165, 1.54) is 5.56 Å². The van der Waals surface area contributed by atoms with E-state index in [2.05, 4.69) is 27.3 Å². The van der Waals surface area contributed by atoms with Gasteiger partial charge in [0, 0.05) is 48.8 Å². The Balaban J connectivity index is 1.70. The summed E-state index contributed by atoms with van der Waals surface area (Å²) in [6.07, 6.45) is 0.728. The van der Waals surface area contributed by atoms with Crippen LogP contribution in [0.3, 0.4) is 0 Å². The van der Waals surface area contributed by atoms with Crippen molar-refractivity contribution in [2.45, 2.75) is 6.42 Å². The molecular formula is C18H18N4O. The van der Waals surface area contributed by atoms with Gasteiger partial charge >= 0.3 is 0 Å². The van der Waals surface area contributed by atoms with Crippen molar-refractivity contribution in [3.63, 3.8) is 0 Å². The van der Waals surface area contributed by atoms with Gasteiger partial charge in [-0.3, -0.25) is 4.79 Å². The highest BCUT2D eigenvalue weighted by Gasteiger charge is 2.30. The predicted molar refractivity (Wildman–Crippen MR) is 94.3 cm³/mol. The molecule has 0 aromatic heterocycles. The second-order valence-electron chi connectivity index (χ2n) is 5.74. The number of carbonyl (C=O) groups excluding carboxylic acids is 1. The first-order chi connectivity index (χ1) is 11.2. The first-order valence-electron chi connectivity index (χ1n) is 7.64. The Morgan fingerprint density at radius 1 is 0.913 bits per heavy atom. The van der Waals surface area contributed by atoms with Crippen LogP contribution in [0.4, 0.5) is 22.7 Å². The van der Waals surface area contributed by atoms with Crippen LogP contribution in [-0.4, -0.2) is 19.9 Å². The lowest BCUT2D eigenvalue weighted by Gasteiger charge is -2.05. The quantitative estimate of drug-likeness (QED) is 0.641. The van der Waals surface area contributed by atoms with Crippen LogP contribution in [0, 0.1) is 0 Å². The maximum Gasteiger partial charge on any atom is 0.213 e. The minimum absolute atomic E-state index is 0.0428. The molecule has 0 unspecified atom stereocenters. The highest BCUT2D eigenvalue weighted by molar-refractivity contribution is 6.19. The molecule has 0 amide bonds. The van der Waals surface area contributed by atoms with Gasteiger partial charge in [-0.25, -0.2) is 0 Å². The molecule has 5 heteroatoms. The second kappa shape index (κ2) is 5.05. The Bertz CT molecular complexity index is 854. The molecule has 0 aliphatic carbocycles. The molecule has 4 N–H and O–H groups in total. The molecular weight excluding hydrogens is 288 g/mol. The lowest BCUT2D eigenvalue weighted by molar-refractivity contribution is 0.104. The number of hydrogen-bond donors (Lipinski definition) is 4. The highest BCUT2D eigenvalue weighted by atomic mass is 16.1. The van der Waals surface area contributed by atoms with Crippen LogP contribution < -0.4 is 21.3 Å². The molecule has 2 aliphatic heterocycles. The van der Waals surface area contributed by atoms with Crippen LogP contribution in [0.25, 0.3) is 0 Å². The molecule has 0 fully saturated rings. The molecule has 2 aromatic carbocycles. The van der Waals surface area contributed by atoms with E-state index in [0.29, 0.717) is 11.3 Å². The smallest absolute Gasteiger partial charge is 0.213 e. The van der Waals surface area contributed by atoms with Crippen molar-refractivity contribution in [2.75, 3.05) is 35.4 Å². The summed E-state index contributed by atoms with van der Waals surface area (Å²) in [6, 6.07) is 12.0. The molecule has 2 aromatic rings. The number of hydrogen-bond acceptors (Lipinski definition) is 5. The molecule has 2 aliphatic rings. The zero-order valence-corrected chi connectivity index (χ0v) is 13.1. The standard InChI is InChI=1S/C18H18N4O/c1-19-11-3-5-14-10(7-11)8-16(21-14)17-18(23)13-9-12(20-2)4-6-15(13)22-17/h3-7,9,19-22H,8H2,1-2H3/b17-16+. The average molecular weight is 306 g/mol. The summed E-state index contributed by atoms with van der Waals surface area (Å²) in [5.41, 5.74) is 7.43. The number of rotatable bonds is 2. The summed E-state index contributed by atoms with van der Waals surface area (Å²) in [5, 5.41) is 12.9. The van der Waals surface area contributed by atoms with E-state index < -0.39 is 0 Å². The summed E-state index contributed by atoms with van der Waals surface area (Å²) >= 11 is 0. The zero-order valence-electron chi connectivity index (χ0n) is 13.1. The van der Waals surface area contributed by atoms with Crippen LogP contribution in [0.15, 0.2) is 47.8 Å². The topological polar surface area (TPSA) is 65.2 Å². The van der Waals surface area contributed by atoms with Crippen LogP contribution in [0.1, 0.15) is 15.9 Å². The minimum Gasteiger partial charge on any atom is -0.388 e. The van der Waals surface area contributed by atoms with Gasteiger partial charge in [-0.05, 0) is 42.0 Å². The largest absolute Gasteiger partial charge is 0.388 e. The van der Waals surface area contributed by atoms with E-state index in [1.54, 1.807) is 0 Å². The van der Waals surface area contributed by atoms with E-state index in [0.717, 1.165) is 34.9 Å². The summed E-state index contributed by atoms with van der Waals surface area (Å²) in [5.74, 6) is 0.0428. The minimum atomic E-state index is 0.0428. The van der Waals surface area contributed by atoms with E-state index in [9.17, 15) is 4.79 Å². The molecule has 116 valence electrons. The van der Waals surface area contributed by atoms with Gasteiger partial charge in [0.1, 0.15) is 5.70 Å². The van der Waals surface area contributed by atoms with Crippen LogP contribution in [-0.2, 0) is 6.42 Å². The lowest BCUT2D eigenvalue weighted by Crippen LogP contribution is -2.09. The highest BCUT2D eigenvalue weighted by Crippen LogP contribution is 2.36. The van der Waals surface area contributed by atoms with Crippen LogP contribution >= 0.6 is 0 Å². The molecule has 4 rings (SSSR count). The predicted octanol–water partition coefficient (Wildman–Crippen LogP) is 3.26. The maximum absolute atomic E-state index is 12.7. The number of nitrogens with one attached hydrogen (secondary N) is 4. The summed E-state index contributed by atoms with van der Waals surface area (Å²) in [4.78, 5) is 12.7. The van der Waals surface area contributed by atoms with Gasteiger partial charge in [0.25, 0.3) is 0 Å². The molecule has 0 saturated heterocycles. The van der Waals surface area contributed by atoms with Gasteiger partial charge in [-0.2, -0.15) is 0 Å². The fourth-order valence-corrected chi connectivity index (χ4v) is 3.10. The van der Waals surface area contributed by atoms with E-state index >= 15 is 0 Å². The first-order valence-corrected chi connectivity index (χ1v) is 7.64. The first kappa shape index (κ1) is 13.7. The van der Waals surface area contributed by atoms with E-state index in [4.69, 9.17) is 0 Å². The van der Waals surface area contributed by atoms with Crippen molar-refractivity contribution in [2.24, 2.45) is 0 Å². The molecule has 0 bridgehead atoms. The SMILES string of the molecule is CNc1ccc2c(c1)C/C(=C1\Nc3ccc(NC)cc3C1=O)N2. The summed E-state index contributed by atoms with van der Waals surface area (Å²) < 4.78 is 0. The lowest BCUT2D eigenvalue weighted by atomic mass is 10.1. The van der Waals surface area contributed by atoms with Gasteiger partial charge < -0.3 is 21.3 Å². The zero-order chi connectivity index (χ0) is 16.0. The Labute approximate surface area is 134 Å². The van der Waals surface area contributed by atoms with Gasteiger partial charge in [0.2, 0.25) is 5.78 Å². The monoisotopic (exact) mass is 306 g/mol. The third-order valence-electron chi connectivity index (χ3n) is 4.39. The number of carbonyl (C=O) groups is 1. The van der Waals surface area contributed by atoms with Crippen molar-refractivity contribution < 1.29 is 4.79 Å². The molecule has 0 spiro atoms. The molecule has 0 radical (unpaired) electrons. The molecule has 0 atom stereocenters. The third kappa shape index (κ3) is 2.12. The normalized spacial score (nSPS) is 18.1. The number of allylic oxidation sites excluding steroid dienone is 2. The van der Waals surface area contributed by atoms with Crippen molar-refractivity contribution in [1.82, 2.24) is 0 Å². The van der Waals surface area contributed by atoms with Gasteiger partial charge in [0.15, 0.2) is 0 Å². The Morgan fingerprint density at radius 3 is 2.35 bits per heavy atom. The van der Waals surface area contributed by atoms with E-state index in [-0.39, 0.29) is 5.78 Å². The molecule has 5 nitrogen and oxygen atoms in total. The molecule has 2 heterocycles. The number of ketones is 1. The Hall–Kier alpha value is -2.95. The molecule has 0 saturated carbocycles. The van der Waals surface area contributed by atoms with E-state index in [1.807, 2.05) is 44.4 Å². The van der Waals surface area contributed by atoms with Gasteiger partial charge in [-0.1, -0.05) is 0 Å². The van der Waals surface area contributed by atoms with Crippen molar-refractivity contribution in [3.8, 4) is 0 Å². The maximum atomic E-state index is 12.7. The van der Waals surface area contributed by atoms with Gasteiger partial charge in [-0.15, -0.1) is 0 Å². The number of benzene rings is 2. The van der Waals surface area contributed by atoms with Crippen molar-refractivity contribution >= 4 is 28.5 Å². The Kier molecular flexibility index (Phi) is 3.01. The fraction of sp³-hybridized carbons (Fsp3) is 0.167. The second-order valence-corrected chi connectivity index (χ2v) is 5.74. The number of fused-ring (bicyclic) bond motifs is 2. The third-order valence-corrected chi connectivity index (χ3v) is 4.39. The van der Waals surface area contributed by atoms with Gasteiger partial charge in [0.05, 0.1) is 5.69 Å². The average Bonchev–Trinajstić information content (AvgIpc) is 3.14. The molecule has 23 heavy (non-hydrogen) atoms. The van der Waals surface area contributed by atoms with Crippen molar-refractivity contribution in [3.05, 3.63) is 58.9 Å². The fourth-order valence-electron chi connectivity index (χ4n) is 3.10. The van der Waals surface area contributed by atoms with Crippen LogP contribution in [0.5, 0.6) is 0 Å². The number of Topliss-reactive ketones (excluding diaryl/α,β-unsaturated/α-hetero) is 1. The Morgan fingerprint density at radius 2 is 1.61 bits per heavy atom. The van der Waals surface area contributed by atoms with Crippen molar-refractivity contribution in [1.29, 1.82) is 0 Å². The van der Waals surface area contributed by atoms with Crippen LogP contribution in [0.2, 0.25) is 0 Å². The summed E-state index contributed by atoms with van der Waals surface area (Å²) in [6.45, 7) is 0. The summed E-state index contributed by atoms with van der Waals surface area (Å²) in [7, 11) is 3.75. The number of anilines is 4.